The highest BCUT2D eigenvalue weighted by Crippen LogP contribution is 2.40. The average Bonchev–Trinajstić information content (AvgIpc) is 2.37. The molecule has 1 aromatic rings. The van der Waals surface area contributed by atoms with Crippen LogP contribution in [0.4, 0.5) is 10.5 Å². The lowest BCUT2D eigenvalue weighted by molar-refractivity contribution is -0.120. The van der Waals surface area contributed by atoms with E-state index in [1.807, 2.05) is 45.2 Å². The normalized spacial score (nSPS) is 10.9. The molecular formula is C13H12I3NO6. The summed E-state index contributed by atoms with van der Waals surface area (Å²) in [5, 5.41) is 11.9. The summed E-state index contributed by atoms with van der Waals surface area (Å²) in [4.78, 5) is 34.1. The minimum Gasteiger partial charge on any atom is -0.478 e. The number of halogens is 3. The third-order valence-corrected chi connectivity index (χ3v) is 5.42. The Balaban J connectivity index is 3.44. The Morgan fingerprint density at radius 3 is 2.13 bits per heavy atom. The van der Waals surface area contributed by atoms with Gasteiger partial charge in [-0.3, -0.25) is 10.1 Å². The second-order valence-electron chi connectivity index (χ2n) is 5.17. The molecule has 23 heavy (non-hydrogen) atoms. The number of nitrogens with one attached hydrogen (secondary N) is 1. The van der Waals surface area contributed by atoms with E-state index in [-0.39, 0.29) is 27.0 Å². The summed E-state index contributed by atoms with van der Waals surface area (Å²) >= 11 is 5.47. The number of ether oxygens (including phenoxy) is 2. The number of amides is 1. The summed E-state index contributed by atoms with van der Waals surface area (Å²) in [5.74, 6) is -1.12. The number of carboxylic acid groups (broad SMARTS) is 1. The Hall–Kier alpha value is -0.380. The number of carbonyl (C=O) groups excluding carboxylic acids is 2. The summed E-state index contributed by atoms with van der Waals surface area (Å²) in [5.41, 5.74) is -0.549. The van der Waals surface area contributed by atoms with Gasteiger partial charge in [0.1, 0.15) is 5.60 Å². The lowest BCUT2D eigenvalue weighted by Crippen LogP contribution is -2.28. The van der Waals surface area contributed by atoms with E-state index in [0.717, 1.165) is 0 Å². The number of carboxylic acids is 1. The van der Waals surface area contributed by atoms with Gasteiger partial charge < -0.3 is 14.6 Å². The molecule has 0 heterocycles. The highest BCUT2D eigenvalue weighted by atomic mass is 127. The van der Waals surface area contributed by atoms with Crippen LogP contribution in [0.2, 0.25) is 0 Å². The van der Waals surface area contributed by atoms with E-state index < -0.39 is 17.7 Å². The minimum atomic E-state index is -1.20. The van der Waals surface area contributed by atoms with Crippen LogP contribution in [0.1, 0.15) is 31.1 Å². The number of rotatable bonds is 4. The van der Waals surface area contributed by atoms with Gasteiger partial charge in [-0.15, -0.1) is 0 Å². The Labute approximate surface area is 173 Å². The number of benzene rings is 1. The van der Waals surface area contributed by atoms with E-state index in [9.17, 15) is 19.5 Å². The van der Waals surface area contributed by atoms with Crippen molar-refractivity contribution in [3.63, 3.8) is 0 Å². The summed E-state index contributed by atoms with van der Waals surface area (Å²) < 4.78 is 11.0. The minimum absolute atomic E-state index is 0.0606. The van der Waals surface area contributed by atoms with E-state index in [2.05, 4.69) is 5.32 Å². The molecule has 0 radical (unpaired) electrons. The fourth-order valence-electron chi connectivity index (χ4n) is 1.50. The molecule has 0 aromatic heterocycles. The summed E-state index contributed by atoms with van der Waals surface area (Å²) in [7, 11) is 0. The Morgan fingerprint density at radius 1 is 1.13 bits per heavy atom. The molecule has 10 heteroatoms. The van der Waals surface area contributed by atoms with E-state index in [4.69, 9.17) is 9.47 Å². The van der Waals surface area contributed by atoms with Crippen LogP contribution in [-0.2, 0) is 9.53 Å². The van der Waals surface area contributed by atoms with Gasteiger partial charge in [0, 0.05) is 0 Å². The lowest BCUT2D eigenvalue weighted by Gasteiger charge is -2.21. The molecule has 1 amide bonds. The van der Waals surface area contributed by atoms with E-state index in [0.29, 0.717) is 7.14 Å². The van der Waals surface area contributed by atoms with Crippen LogP contribution < -0.4 is 10.1 Å². The maximum atomic E-state index is 12.0. The van der Waals surface area contributed by atoms with Crippen molar-refractivity contribution >= 4 is 92.0 Å². The third kappa shape index (κ3) is 5.30. The van der Waals surface area contributed by atoms with Gasteiger partial charge in [-0.1, -0.05) is 0 Å². The first-order chi connectivity index (χ1) is 10.5. The average molecular weight is 659 g/mol. The van der Waals surface area contributed by atoms with Crippen molar-refractivity contribution in [2.24, 2.45) is 0 Å². The molecule has 126 valence electrons. The van der Waals surface area contributed by atoms with E-state index in [1.165, 1.54) is 0 Å². The molecule has 0 aliphatic rings. The second-order valence-corrected chi connectivity index (χ2v) is 8.40. The monoisotopic (exact) mass is 659 g/mol. The topological polar surface area (TPSA) is 102 Å². The maximum Gasteiger partial charge on any atom is 0.412 e. The molecule has 1 rings (SSSR count). The van der Waals surface area contributed by atoms with Gasteiger partial charge in [0.15, 0.2) is 5.75 Å². The number of aromatic carboxylic acids is 1. The van der Waals surface area contributed by atoms with Crippen LogP contribution in [0, 0.1) is 10.7 Å². The highest BCUT2D eigenvalue weighted by molar-refractivity contribution is 14.1. The zero-order valence-corrected chi connectivity index (χ0v) is 18.7. The van der Waals surface area contributed by atoms with Crippen molar-refractivity contribution in [3.05, 3.63) is 16.3 Å². The van der Waals surface area contributed by atoms with Crippen molar-refractivity contribution in [2.45, 2.75) is 26.4 Å². The quantitative estimate of drug-likeness (QED) is 0.374. The molecule has 2 N–H and O–H groups in total. The van der Waals surface area contributed by atoms with Crippen molar-refractivity contribution < 1.29 is 29.0 Å². The zero-order valence-electron chi connectivity index (χ0n) is 12.2. The van der Waals surface area contributed by atoms with E-state index >= 15 is 0 Å². The summed E-state index contributed by atoms with van der Waals surface area (Å²) in [6, 6.07) is 0. The Kier molecular flexibility index (Phi) is 7.31. The fraction of sp³-hybridized carbons (Fsp3) is 0.308. The van der Waals surface area contributed by atoms with Crippen LogP contribution in [0.5, 0.6) is 5.75 Å². The third-order valence-electron chi connectivity index (χ3n) is 2.28. The van der Waals surface area contributed by atoms with Gasteiger partial charge in [0.25, 0.3) is 6.47 Å². The SMILES string of the molecule is CC(C)(C)OC(=O)Nc1c(I)c(OC=O)c(I)c(C(=O)O)c1I. The van der Waals surface area contributed by atoms with E-state index in [1.54, 1.807) is 43.4 Å². The lowest BCUT2D eigenvalue weighted by atomic mass is 10.2. The first kappa shape index (κ1) is 20.7. The van der Waals surface area contributed by atoms with Gasteiger partial charge in [0.05, 0.1) is 22.0 Å². The van der Waals surface area contributed by atoms with Gasteiger partial charge in [-0.2, -0.15) is 0 Å². The number of anilines is 1. The molecule has 0 spiro atoms. The summed E-state index contributed by atoms with van der Waals surface area (Å²) in [6.07, 6.45) is -0.733. The van der Waals surface area contributed by atoms with Gasteiger partial charge >= 0.3 is 12.1 Å². The second kappa shape index (κ2) is 8.13. The molecular weight excluding hydrogens is 647 g/mol. The van der Waals surface area contributed by atoms with Crippen LogP contribution in [0.25, 0.3) is 0 Å². The Bertz CT molecular complexity index is 669. The van der Waals surface area contributed by atoms with Gasteiger partial charge in [0.2, 0.25) is 0 Å². The molecule has 0 saturated carbocycles. The molecule has 0 bridgehead atoms. The van der Waals surface area contributed by atoms with Crippen molar-refractivity contribution in [2.75, 3.05) is 5.32 Å². The summed E-state index contributed by atoms with van der Waals surface area (Å²) in [6.45, 7) is 5.33. The van der Waals surface area contributed by atoms with Crippen LogP contribution in [0.3, 0.4) is 0 Å². The largest absolute Gasteiger partial charge is 0.478 e. The molecule has 0 saturated heterocycles. The number of carbonyl (C=O) groups is 3. The van der Waals surface area contributed by atoms with Crippen LogP contribution >= 0.6 is 67.8 Å². The highest BCUT2D eigenvalue weighted by Gasteiger charge is 2.27. The smallest absolute Gasteiger partial charge is 0.412 e. The molecule has 0 unspecified atom stereocenters. The predicted molar refractivity (Wildman–Crippen MR) is 108 cm³/mol. The van der Waals surface area contributed by atoms with Crippen LogP contribution in [-0.4, -0.2) is 29.2 Å². The molecule has 0 fully saturated rings. The molecule has 0 aliphatic carbocycles. The Morgan fingerprint density at radius 2 is 1.70 bits per heavy atom. The molecule has 0 aliphatic heterocycles. The van der Waals surface area contributed by atoms with Gasteiger partial charge in [-0.25, -0.2) is 9.59 Å². The predicted octanol–water partition coefficient (Wildman–Crippen LogP) is 4.08. The van der Waals surface area contributed by atoms with Crippen LogP contribution in [0.15, 0.2) is 0 Å². The number of hydrogen-bond acceptors (Lipinski definition) is 5. The number of hydrogen-bond donors (Lipinski definition) is 2. The molecule has 0 atom stereocenters. The first-order valence-corrected chi connectivity index (χ1v) is 9.27. The van der Waals surface area contributed by atoms with Crippen molar-refractivity contribution in [1.29, 1.82) is 0 Å². The molecule has 7 nitrogen and oxygen atoms in total. The maximum absolute atomic E-state index is 12.0. The standard InChI is InChI=1S/C13H12I3NO6/c1-13(2,3)23-12(21)17-9-6(14)5(11(19)20)7(15)10(8(9)16)22-4-18/h4H,1-3H3,(H,17,21)(H,19,20). The first-order valence-electron chi connectivity index (χ1n) is 6.03. The molecule has 1 aromatic carbocycles. The zero-order chi connectivity index (χ0) is 17.9. The fourth-order valence-corrected chi connectivity index (χ4v) is 5.65. The van der Waals surface area contributed by atoms with Crippen molar-refractivity contribution in [1.82, 2.24) is 0 Å². The van der Waals surface area contributed by atoms with Gasteiger partial charge in [-0.05, 0) is 88.5 Å². The van der Waals surface area contributed by atoms with Crippen molar-refractivity contribution in [3.8, 4) is 5.75 Å².